The number of nitrogens with zero attached hydrogens (tertiary/aromatic N) is 1. The third-order valence-corrected chi connectivity index (χ3v) is 5.02. The highest BCUT2D eigenvalue weighted by Crippen LogP contribution is 2.35. The summed E-state index contributed by atoms with van der Waals surface area (Å²) in [4.78, 5) is 24.6. The van der Waals surface area contributed by atoms with Gasteiger partial charge in [-0.3, -0.25) is 9.36 Å². The Morgan fingerprint density at radius 3 is 2.97 bits per heavy atom. The number of halogens is 1. The zero-order valence-electron chi connectivity index (χ0n) is 16.2. The molecule has 0 fully saturated rings. The molecule has 0 saturated carbocycles. The SMILES string of the molecule is CCOc1cc2c(cc1CNC(=O)Cn1c(=O)oc3cc(Cl)ccc31)O[C@H](C)C2. The maximum atomic E-state index is 12.5. The van der Waals surface area contributed by atoms with Crippen LogP contribution in [0.25, 0.3) is 11.1 Å². The Balaban J connectivity index is 1.50. The van der Waals surface area contributed by atoms with E-state index in [-0.39, 0.29) is 25.1 Å². The van der Waals surface area contributed by atoms with Crippen LogP contribution < -0.4 is 20.5 Å². The highest BCUT2D eigenvalue weighted by molar-refractivity contribution is 6.31. The second-order valence-corrected chi connectivity index (χ2v) is 7.41. The van der Waals surface area contributed by atoms with Crippen molar-refractivity contribution in [1.29, 1.82) is 0 Å². The molecule has 4 rings (SSSR count). The van der Waals surface area contributed by atoms with Crippen LogP contribution in [0.5, 0.6) is 11.5 Å². The van der Waals surface area contributed by atoms with Crippen molar-refractivity contribution in [3.8, 4) is 11.5 Å². The lowest BCUT2D eigenvalue weighted by molar-refractivity contribution is -0.121. The van der Waals surface area contributed by atoms with Gasteiger partial charge < -0.3 is 19.2 Å². The van der Waals surface area contributed by atoms with Crippen molar-refractivity contribution in [1.82, 2.24) is 9.88 Å². The molecule has 1 atom stereocenters. The second-order valence-electron chi connectivity index (χ2n) is 6.98. The molecule has 0 saturated heterocycles. The van der Waals surface area contributed by atoms with Crippen LogP contribution in [0.15, 0.2) is 39.5 Å². The third kappa shape index (κ3) is 3.96. The van der Waals surface area contributed by atoms with Gasteiger partial charge in [0.05, 0.1) is 12.1 Å². The fourth-order valence-corrected chi connectivity index (χ4v) is 3.65. The molecule has 0 spiro atoms. The summed E-state index contributed by atoms with van der Waals surface area (Å²) in [6.07, 6.45) is 0.960. The first-order valence-electron chi connectivity index (χ1n) is 9.45. The molecular weight excluding hydrogens is 396 g/mol. The van der Waals surface area contributed by atoms with Gasteiger partial charge in [0.1, 0.15) is 24.1 Å². The molecule has 2 aromatic carbocycles. The van der Waals surface area contributed by atoms with Gasteiger partial charge in [-0.25, -0.2) is 4.79 Å². The highest BCUT2D eigenvalue weighted by Gasteiger charge is 2.22. The zero-order valence-corrected chi connectivity index (χ0v) is 16.9. The molecule has 1 aromatic heterocycles. The van der Waals surface area contributed by atoms with Gasteiger partial charge in [-0.05, 0) is 38.1 Å². The van der Waals surface area contributed by atoms with Crippen LogP contribution in [-0.4, -0.2) is 23.2 Å². The number of benzene rings is 2. The first-order chi connectivity index (χ1) is 13.9. The van der Waals surface area contributed by atoms with E-state index in [1.165, 1.54) is 4.57 Å². The molecule has 29 heavy (non-hydrogen) atoms. The molecule has 3 aromatic rings. The van der Waals surface area contributed by atoms with Crippen LogP contribution >= 0.6 is 11.6 Å². The number of hydrogen-bond donors (Lipinski definition) is 1. The van der Waals surface area contributed by atoms with Gasteiger partial charge in [-0.1, -0.05) is 11.6 Å². The van der Waals surface area contributed by atoms with Gasteiger partial charge >= 0.3 is 5.76 Å². The second kappa shape index (κ2) is 7.83. The van der Waals surface area contributed by atoms with Gasteiger partial charge in [0.25, 0.3) is 0 Å². The van der Waals surface area contributed by atoms with Gasteiger partial charge in [-0.2, -0.15) is 0 Å². The summed E-state index contributed by atoms with van der Waals surface area (Å²) in [6.45, 7) is 4.56. The average Bonchev–Trinajstić information content (AvgIpc) is 3.17. The minimum absolute atomic E-state index is 0.124. The highest BCUT2D eigenvalue weighted by atomic mass is 35.5. The van der Waals surface area contributed by atoms with Crippen LogP contribution in [0.2, 0.25) is 5.02 Å². The molecule has 0 aliphatic carbocycles. The number of fused-ring (bicyclic) bond motifs is 2. The van der Waals surface area contributed by atoms with E-state index in [1.54, 1.807) is 18.2 Å². The minimum Gasteiger partial charge on any atom is -0.494 e. The number of amides is 1. The van der Waals surface area contributed by atoms with Crippen molar-refractivity contribution < 1.29 is 18.7 Å². The van der Waals surface area contributed by atoms with E-state index in [0.29, 0.717) is 22.7 Å². The van der Waals surface area contributed by atoms with E-state index in [1.807, 2.05) is 26.0 Å². The lowest BCUT2D eigenvalue weighted by Crippen LogP contribution is -2.30. The van der Waals surface area contributed by atoms with Crippen molar-refractivity contribution in [2.24, 2.45) is 0 Å². The summed E-state index contributed by atoms with van der Waals surface area (Å²) in [5.41, 5.74) is 2.79. The van der Waals surface area contributed by atoms with Gasteiger partial charge in [0.15, 0.2) is 5.58 Å². The maximum absolute atomic E-state index is 12.5. The predicted octanol–water partition coefficient (Wildman–Crippen LogP) is 3.29. The van der Waals surface area contributed by atoms with Crippen molar-refractivity contribution in [3.63, 3.8) is 0 Å². The van der Waals surface area contributed by atoms with Crippen molar-refractivity contribution in [3.05, 3.63) is 57.0 Å². The Morgan fingerprint density at radius 2 is 2.17 bits per heavy atom. The fraction of sp³-hybridized carbons (Fsp3) is 0.333. The largest absolute Gasteiger partial charge is 0.494 e. The van der Waals surface area contributed by atoms with Crippen molar-refractivity contribution in [2.75, 3.05) is 6.61 Å². The average molecular weight is 417 g/mol. The third-order valence-electron chi connectivity index (χ3n) is 4.79. The summed E-state index contributed by atoms with van der Waals surface area (Å²) < 4.78 is 18.0. The summed E-state index contributed by atoms with van der Waals surface area (Å²) in [5, 5.41) is 3.30. The number of oxazole rings is 1. The molecule has 7 nitrogen and oxygen atoms in total. The van der Waals surface area contributed by atoms with E-state index in [2.05, 4.69) is 5.32 Å². The summed E-state index contributed by atoms with van der Waals surface area (Å²) in [5.74, 6) is 0.623. The Labute approximate surface area is 172 Å². The Bertz CT molecular complexity index is 1130. The lowest BCUT2D eigenvalue weighted by Gasteiger charge is -2.13. The Kier molecular flexibility index (Phi) is 5.24. The molecule has 1 amide bonds. The smallest absolute Gasteiger partial charge is 0.420 e. The molecule has 0 bridgehead atoms. The quantitative estimate of drug-likeness (QED) is 0.666. The van der Waals surface area contributed by atoms with Crippen molar-refractivity contribution in [2.45, 2.75) is 39.5 Å². The number of carbonyl (C=O) groups excluding carboxylic acids is 1. The first kappa shape index (κ1) is 19.4. The van der Waals surface area contributed by atoms with Crippen molar-refractivity contribution >= 4 is 28.6 Å². The zero-order chi connectivity index (χ0) is 20.5. The molecule has 0 unspecified atom stereocenters. The van der Waals surface area contributed by atoms with E-state index < -0.39 is 5.76 Å². The molecule has 8 heteroatoms. The molecule has 1 aliphatic rings. The predicted molar refractivity (Wildman–Crippen MR) is 109 cm³/mol. The van der Waals surface area contributed by atoms with Crippen LogP contribution in [0.4, 0.5) is 0 Å². The number of aromatic nitrogens is 1. The normalized spacial score (nSPS) is 15.2. The molecule has 0 radical (unpaired) electrons. The minimum atomic E-state index is -0.604. The van der Waals surface area contributed by atoms with E-state index in [0.717, 1.165) is 29.0 Å². The Morgan fingerprint density at radius 1 is 1.34 bits per heavy atom. The van der Waals surface area contributed by atoms with Crippen LogP contribution in [0, 0.1) is 0 Å². The Hall–Kier alpha value is -2.93. The van der Waals surface area contributed by atoms with E-state index in [9.17, 15) is 9.59 Å². The summed E-state index contributed by atoms with van der Waals surface area (Å²) in [7, 11) is 0. The number of ether oxygens (including phenoxy) is 2. The number of rotatable bonds is 6. The lowest BCUT2D eigenvalue weighted by atomic mass is 10.1. The van der Waals surface area contributed by atoms with Crippen LogP contribution in [0.3, 0.4) is 0 Å². The van der Waals surface area contributed by atoms with Gasteiger partial charge in [0, 0.05) is 35.2 Å². The monoisotopic (exact) mass is 416 g/mol. The summed E-state index contributed by atoms with van der Waals surface area (Å²) in [6, 6.07) is 8.73. The maximum Gasteiger partial charge on any atom is 0.420 e. The molecule has 2 heterocycles. The standard InChI is InChI=1S/C21H21ClN2O5/c1-3-27-17-7-13-6-12(2)28-18(13)8-14(17)10-23-20(25)11-24-16-5-4-15(22)9-19(16)29-21(24)26/h4-5,7-9,12H,3,6,10-11H2,1-2H3,(H,23,25)/t12-/m1/s1. The molecular formula is C21H21ClN2O5. The van der Waals surface area contributed by atoms with Gasteiger partial charge in [-0.15, -0.1) is 0 Å². The molecule has 152 valence electrons. The summed E-state index contributed by atoms with van der Waals surface area (Å²) >= 11 is 5.92. The molecule has 1 aliphatic heterocycles. The number of carbonyl (C=O) groups is 1. The fourth-order valence-electron chi connectivity index (χ4n) is 3.49. The first-order valence-corrected chi connectivity index (χ1v) is 9.83. The number of hydrogen-bond acceptors (Lipinski definition) is 5. The molecule has 1 N–H and O–H groups in total. The van der Waals surface area contributed by atoms with E-state index >= 15 is 0 Å². The van der Waals surface area contributed by atoms with E-state index in [4.69, 9.17) is 25.5 Å². The van der Waals surface area contributed by atoms with Gasteiger partial charge in [0.2, 0.25) is 5.91 Å². The topological polar surface area (TPSA) is 82.7 Å². The van der Waals surface area contributed by atoms with Crippen LogP contribution in [-0.2, 0) is 24.3 Å². The van der Waals surface area contributed by atoms with Crippen LogP contribution in [0.1, 0.15) is 25.0 Å². The number of nitrogens with one attached hydrogen (secondary N) is 1.